The van der Waals surface area contributed by atoms with Gasteiger partial charge in [0.05, 0.1) is 23.6 Å². The number of likely N-dealkylation sites (N-methyl/N-ethyl adjacent to an activating group) is 1. The van der Waals surface area contributed by atoms with Gasteiger partial charge in [0.2, 0.25) is 11.8 Å². The molecule has 6 heterocycles. The van der Waals surface area contributed by atoms with Gasteiger partial charge >= 0.3 is 5.69 Å². The lowest BCUT2D eigenvalue weighted by Gasteiger charge is -2.39. The van der Waals surface area contributed by atoms with Crippen LogP contribution in [0, 0.1) is 36.5 Å². The number of hydrogen-bond donors (Lipinski definition) is 4. The average molecular weight is 1040 g/mol. The Morgan fingerprint density at radius 2 is 1.58 bits per heavy atom. The van der Waals surface area contributed by atoms with Gasteiger partial charge in [-0.3, -0.25) is 38.0 Å². The molecule has 0 spiro atoms. The summed E-state index contributed by atoms with van der Waals surface area (Å²) in [5.41, 5.74) is 5.75. The number of anilines is 2. The van der Waals surface area contributed by atoms with Crippen molar-refractivity contribution in [1.82, 2.24) is 34.5 Å². The van der Waals surface area contributed by atoms with E-state index in [1.54, 1.807) is 29.8 Å². The molecule has 1 unspecified atom stereocenters. The number of aryl methyl sites for hydroxylation is 2. The number of rotatable bonds is 10. The Morgan fingerprint density at radius 1 is 0.868 bits per heavy atom. The van der Waals surface area contributed by atoms with Crippen LogP contribution in [0.3, 0.4) is 0 Å². The van der Waals surface area contributed by atoms with E-state index in [0.717, 1.165) is 128 Å². The monoisotopic (exact) mass is 1040 g/mol. The summed E-state index contributed by atoms with van der Waals surface area (Å²) < 4.78 is 31.7. The number of imidazole rings is 1. The number of alkyl halides is 2. The van der Waals surface area contributed by atoms with Crippen LogP contribution in [0.2, 0.25) is 0 Å². The standard InChI is InChI=1S/C57H67F2N9O5.CH2O2/c1-36-9-13-42(62-51-33-60-35-57(51,58)59)31-47(36)53(70)61-37(2)44-15-12-40(45-7-5-6-8-46(44)45)11-10-38-19-25-65(26-20-38)34-39-21-27-67(28-22-39)54(71)41-23-29-66(30-24-41)43-14-16-48-50(32-43)63(3)56(73)68(48)49-17-18-52(69)64(4)55(49)72;2-1-3/h5-9,12-16,31-32,37-39,41,49,51,60,62H,17-30,33-35H2,1-4H3,(H,61,70);1H,(H,2,3)/t37-,49?,51+;/m1./s1. The lowest BCUT2D eigenvalue weighted by atomic mass is 9.90. The molecular formula is C58H69F2N9O7. The fraction of sp³-hybridized carbons (Fsp3) is 0.483. The van der Waals surface area contributed by atoms with Gasteiger partial charge in [-0.2, -0.15) is 0 Å². The predicted octanol–water partition coefficient (Wildman–Crippen LogP) is 6.55. The number of amides is 4. The van der Waals surface area contributed by atoms with Crippen molar-refractivity contribution in [1.29, 1.82) is 0 Å². The summed E-state index contributed by atoms with van der Waals surface area (Å²) in [6.45, 7) is 9.48. The van der Waals surface area contributed by atoms with E-state index in [0.29, 0.717) is 35.0 Å². The first-order valence-electron chi connectivity index (χ1n) is 26.7. The first-order chi connectivity index (χ1) is 36.5. The Hall–Kier alpha value is -7.10. The largest absolute Gasteiger partial charge is 0.483 e. The fourth-order valence-electron chi connectivity index (χ4n) is 11.9. The van der Waals surface area contributed by atoms with E-state index in [1.165, 1.54) is 11.6 Å². The molecule has 5 aliphatic rings. The number of carbonyl (C=O) groups excluding carboxylic acids is 4. The van der Waals surface area contributed by atoms with E-state index in [9.17, 15) is 32.8 Å². The lowest BCUT2D eigenvalue weighted by molar-refractivity contribution is -0.149. The van der Waals surface area contributed by atoms with Crippen molar-refractivity contribution in [2.75, 3.05) is 76.2 Å². The third kappa shape index (κ3) is 11.4. The zero-order valence-electron chi connectivity index (χ0n) is 43.8. The fourth-order valence-corrected chi connectivity index (χ4v) is 11.9. The molecule has 402 valence electrons. The molecule has 18 heteroatoms. The first kappa shape index (κ1) is 53.7. The molecule has 5 aliphatic heterocycles. The van der Waals surface area contributed by atoms with Crippen molar-refractivity contribution >= 4 is 63.3 Å². The Kier molecular flexibility index (Phi) is 16.3. The Labute approximate surface area is 441 Å². The van der Waals surface area contributed by atoms with Crippen LogP contribution in [0.15, 0.2) is 77.6 Å². The van der Waals surface area contributed by atoms with E-state index in [-0.39, 0.29) is 67.3 Å². The van der Waals surface area contributed by atoms with E-state index in [4.69, 9.17) is 9.90 Å². The van der Waals surface area contributed by atoms with Gasteiger partial charge < -0.3 is 35.8 Å². The van der Waals surface area contributed by atoms with Crippen molar-refractivity contribution in [3.05, 3.63) is 106 Å². The van der Waals surface area contributed by atoms with Crippen molar-refractivity contribution in [3.8, 4) is 11.8 Å². The number of likely N-dealkylation sites (tertiary alicyclic amines) is 3. The summed E-state index contributed by atoms with van der Waals surface area (Å²) in [7, 11) is 3.19. The maximum Gasteiger partial charge on any atom is 0.329 e. The molecule has 1 aromatic heterocycles. The smallest absolute Gasteiger partial charge is 0.329 e. The minimum atomic E-state index is -2.88. The van der Waals surface area contributed by atoms with Crippen LogP contribution in [0.25, 0.3) is 21.8 Å². The number of piperidine rings is 4. The molecule has 5 saturated heterocycles. The van der Waals surface area contributed by atoms with Crippen LogP contribution in [0.1, 0.15) is 97.4 Å². The summed E-state index contributed by atoms with van der Waals surface area (Å²) in [5, 5.41) is 17.8. The van der Waals surface area contributed by atoms with Crippen molar-refractivity contribution in [3.63, 3.8) is 0 Å². The number of carbonyl (C=O) groups is 5. The summed E-state index contributed by atoms with van der Waals surface area (Å²) in [6.07, 6.45) is 6.13. The molecular weight excluding hydrogens is 973 g/mol. The summed E-state index contributed by atoms with van der Waals surface area (Å²) in [4.78, 5) is 82.4. The minimum absolute atomic E-state index is 0.00256. The average Bonchev–Trinajstić information content (AvgIpc) is 3.90. The van der Waals surface area contributed by atoms with Crippen LogP contribution in [-0.2, 0) is 26.2 Å². The molecule has 0 radical (unpaired) electrons. The Morgan fingerprint density at radius 3 is 2.28 bits per heavy atom. The van der Waals surface area contributed by atoms with Gasteiger partial charge in [0.1, 0.15) is 12.1 Å². The molecule has 10 rings (SSSR count). The van der Waals surface area contributed by atoms with Crippen molar-refractivity contribution in [2.45, 2.75) is 89.3 Å². The van der Waals surface area contributed by atoms with Gasteiger partial charge in [0.15, 0.2) is 0 Å². The summed E-state index contributed by atoms with van der Waals surface area (Å²) in [5.74, 6) is 4.53. The molecule has 0 aliphatic carbocycles. The summed E-state index contributed by atoms with van der Waals surface area (Å²) in [6, 6.07) is 21.3. The molecule has 0 saturated carbocycles. The number of carboxylic acid groups (broad SMARTS) is 1. The third-order valence-corrected chi connectivity index (χ3v) is 16.5. The number of imide groups is 1. The number of nitrogens with zero attached hydrogens (tertiary/aromatic N) is 6. The summed E-state index contributed by atoms with van der Waals surface area (Å²) >= 11 is 0. The number of fused-ring (bicyclic) bond motifs is 2. The molecule has 4 aromatic carbocycles. The van der Waals surface area contributed by atoms with Gasteiger partial charge in [-0.1, -0.05) is 48.2 Å². The maximum atomic E-state index is 14.3. The van der Waals surface area contributed by atoms with Crippen molar-refractivity contribution < 1.29 is 37.9 Å². The minimum Gasteiger partial charge on any atom is -0.483 e. The molecule has 5 aromatic rings. The van der Waals surface area contributed by atoms with Gasteiger partial charge in [0.25, 0.3) is 24.2 Å². The topological polar surface area (TPSA) is 182 Å². The van der Waals surface area contributed by atoms with Crippen LogP contribution in [0.5, 0.6) is 0 Å². The Bertz CT molecular complexity index is 3120. The number of benzene rings is 4. The zero-order valence-corrected chi connectivity index (χ0v) is 43.8. The number of aromatic nitrogens is 2. The zero-order chi connectivity index (χ0) is 53.8. The SMILES string of the molecule is Cc1ccc(N[C@H]2CNCC2(F)F)cc1C(=O)N[C@H](C)c1ccc(C#CC2CCN(CC3CCN(C(=O)C4CCN(c5ccc6c(c5)n(C)c(=O)n6C5CCC(=O)N(C)C5=O)CC4)CC3)CC2)c2ccccc12.O=CO. The number of nitrogens with one attached hydrogen (secondary N) is 3. The maximum absolute atomic E-state index is 14.3. The second-order valence-electron chi connectivity index (χ2n) is 21.3. The molecule has 4 N–H and O–H groups in total. The van der Waals surface area contributed by atoms with E-state index < -0.39 is 18.0 Å². The molecule has 4 amide bonds. The lowest BCUT2D eigenvalue weighted by Crippen LogP contribution is -2.47. The van der Waals surface area contributed by atoms with Crippen LogP contribution in [0.4, 0.5) is 20.2 Å². The normalized spacial score (nSPS) is 21.2. The first-order valence-corrected chi connectivity index (χ1v) is 26.7. The molecule has 76 heavy (non-hydrogen) atoms. The van der Waals surface area contributed by atoms with Crippen LogP contribution >= 0.6 is 0 Å². The highest BCUT2D eigenvalue weighted by molar-refractivity contribution is 6.00. The van der Waals surface area contributed by atoms with E-state index >= 15 is 0 Å². The highest BCUT2D eigenvalue weighted by Crippen LogP contribution is 2.33. The van der Waals surface area contributed by atoms with Crippen molar-refractivity contribution in [2.24, 2.45) is 24.8 Å². The molecule has 16 nitrogen and oxygen atoms in total. The predicted molar refractivity (Wildman–Crippen MR) is 288 cm³/mol. The van der Waals surface area contributed by atoms with Gasteiger partial charge in [0, 0.05) is 94.1 Å². The quantitative estimate of drug-likeness (QED) is 0.0677. The highest BCUT2D eigenvalue weighted by Gasteiger charge is 2.44. The van der Waals surface area contributed by atoms with Gasteiger partial charge in [-0.25, -0.2) is 13.6 Å². The van der Waals surface area contributed by atoms with E-state index in [2.05, 4.69) is 60.7 Å². The van der Waals surface area contributed by atoms with E-state index in [1.807, 2.05) is 50.2 Å². The highest BCUT2D eigenvalue weighted by atomic mass is 19.3. The molecule has 0 bridgehead atoms. The third-order valence-electron chi connectivity index (χ3n) is 16.5. The second kappa shape index (κ2) is 23.0. The van der Waals surface area contributed by atoms with Gasteiger partial charge in [-0.05, 0) is 136 Å². The number of hydrogen-bond acceptors (Lipinski definition) is 10. The van der Waals surface area contributed by atoms with Gasteiger partial charge in [-0.15, -0.1) is 0 Å². The van der Waals surface area contributed by atoms with Crippen LogP contribution < -0.4 is 26.5 Å². The second-order valence-corrected chi connectivity index (χ2v) is 21.3. The molecule has 3 atom stereocenters. The molecule has 5 fully saturated rings. The van der Waals surface area contributed by atoms with Crippen LogP contribution in [-0.4, -0.2) is 137 Å². The number of halogens is 2. The Balaban J connectivity index is 0.00000230.